The minimum absolute atomic E-state index is 0.0106. The molecule has 0 aliphatic rings. The van der Waals surface area contributed by atoms with Gasteiger partial charge in [-0.05, 0) is 42.8 Å². The highest BCUT2D eigenvalue weighted by atomic mass is 32.2. The van der Waals surface area contributed by atoms with E-state index in [0.717, 1.165) is 6.07 Å². The molecule has 5 nitrogen and oxygen atoms in total. The molecule has 3 N–H and O–H groups in total. The first-order valence-electron chi connectivity index (χ1n) is 6.06. The van der Waals surface area contributed by atoms with Gasteiger partial charge >= 0.3 is 0 Å². The predicted octanol–water partition coefficient (Wildman–Crippen LogP) is 2.53. The molecule has 0 aliphatic carbocycles. The van der Waals surface area contributed by atoms with E-state index in [2.05, 4.69) is 4.72 Å². The van der Waals surface area contributed by atoms with Gasteiger partial charge in [0.15, 0.2) is 0 Å². The standard InChI is InChI=1S/C14H15FN2O3S/c1-9-7-11(4-6-13(9)16)21(18,19)17-14-8-10(20-2)3-5-12(14)15/h3-8,17H,16H2,1-2H3. The molecule has 112 valence electrons. The lowest BCUT2D eigenvalue weighted by atomic mass is 10.2. The smallest absolute Gasteiger partial charge is 0.262 e. The molecule has 0 atom stereocenters. The molecule has 0 radical (unpaired) electrons. The van der Waals surface area contributed by atoms with Gasteiger partial charge in [-0.3, -0.25) is 4.72 Å². The summed E-state index contributed by atoms with van der Waals surface area (Å²) in [5.74, 6) is -0.339. The van der Waals surface area contributed by atoms with Crippen LogP contribution in [-0.4, -0.2) is 15.5 Å². The third kappa shape index (κ3) is 3.25. The van der Waals surface area contributed by atoms with Crippen LogP contribution in [0.2, 0.25) is 0 Å². The van der Waals surface area contributed by atoms with Crippen molar-refractivity contribution in [2.75, 3.05) is 17.6 Å². The van der Waals surface area contributed by atoms with Crippen molar-refractivity contribution < 1.29 is 17.5 Å². The fraction of sp³-hybridized carbons (Fsp3) is 0.143. The normalized spacial score (nSPS) is 11.2. The van der Waals surface area contributed by atoms with Crippen LogP contribution in [0.4, 0.5) is 15.8 Å². The summed E-state index contributed by atoms with van der Waals surface area (Å²) in [7, 11) is -2.49. The minimum atomic E-state index is -3.90. The van der Waals surface area contributed by atoms with E-state index in [-0.39, 0.29) is 10.6 Å². The van der Waals surface area contributed by atoms with Crippen molar-refractivity contribution in [1.82, 2.24) is 0 Å². The van der Waals surface area contributed by atoms with E-state index in [1.807, 2.05) is 0 Å². The molecule has 7 heteroatoms. The quantitative estimate of drug-likeness (QED) is 0.850. The van der Waals surface area contributed by atoms with E-state index in [4.69, 9.17) is 10.5 Å². The monoisotopic (exact) mass is 310 g/mol. The second kappa shape index (κ2) is 5.61. The van der Waals surface area contributed by atoms with Gasteiger partial charge in [-0.25, -0.2) is 12.8 Å². The molecular formula is C14H15FN2O3S. The van der Waals surface area contributed by atoms with Gasteiger partial charge in [0.1, 0.15) is 11.6 Å². The number of sulfonamides is 1. The van der Waals surface area contributed by atoms with Crippen molar-refractivity contribution >= 4 is 21.4 Å². The zero-order chi connectivity index (χ0) is 15.6. The van der Waals surface area contributed by atoms with Crippen LogP contribution in [-0.2, 0) is 10.0 Å². The summed E-state index contributed by atoms with van der Waals surface area (Å²) in [6, 6.07) is 8.09. The molecule has 21 heavy (non-hydrogen) atoms. The van der Waals surface area contributed by atoms with Crippen LogP contribution in [0.15, 0.2) is 41.3 Å². The first kappa shape index (κ1) is 15.1. The number of nitrogens with one attached hydrogen (secondary N) is 1. The molecular weight excluding hydrogens is 295 g/mol. The van der Waals surface area contributed by atoms with Crippen molar-refractivity contribution in [3.05, 3.63) is 47.8 Å². The lowest BCUT2D eigenvalue weighted by molar-refractivity contribution is 0.414. The molecule has 0 amide bonds. The number of methoxy groups -OCH3 is 1. The van der Waals surface area contributed by atoms with Gasteiger partial charge in [0.2, 0.25) is 0 Å². The Hall–Kier alpha value is -2.28. The van der Waals surface area contributed by atoms with E-state index in [1.165, 1.54) is 37.4 Å². The Morgan fingerprint density at radius 2 is 1.90 bits per heavy atom. The fourth-order valence-electron chi connectivity index (χ4n) is 1.73. The SMILES string of the molecule is COc1ccc(F)c(NS(=O)(=O)c2ccc(N)c(C)c2)c1. The van der Waals surface area contributed by atoms with Crippen molar-refractivity contribution in [2.24, 2.45) is 0 Å². The Morgan fingerprint density at radius 1 is 1.19 bits per heavy atom. The van der Waals surface area contributed by atoms with Gasteiger partial charge in [0, 0.05) is 11.8 Å². The number of nitrogens with two attached hydrogens (primary N) is 1. The molecule has 0 heterocycles. The van der Waals surface area contributed by atoms with Gasteiger partial charge in [0.25, 0.3) is 10.0 Å². The largest absolute Gasteiger partial charge is 0.497 e. The molecule has 0 spiro atoms. The van der Waals surface area contributed by atoms with Crippen LogP contribution in [0, 0.1) is 12.7 Å². The van der Waals surface area contributed by atoms with E-state index < -0.39 is 15.8 Å². The minimum Gasteiger partial charge on any atom is -0.497 e. The summed E-state index contributed by atoms with van der Waals surface area (Å²) in [6.45, 7) is 1.69. The molecule has 0 saturated heterocycles. The maximum absolute atomic E-state index is 13.7. The van der Waals surface area contributed by atoms with E-state index in [1.54, 1.807) is 6.92 Å². The first-order valence-corrected chi connectivity index (χ1v) is 7.54. The number of benzene rings is 2. The maximum atomic E-state index is 13.7. The lowest BCUT2D eigenvalue weighted by Gasteiger charge is -2.11. The second-order valence-corrected chi connectivity index (χ2v) is 6.15. The number of ether oxygens (including phenoxy) is 1. The molecule has 0 unspecified atom stereocenters. The number of hydrogen-bond acceptors (Lipinski definition) is 4. The number of halogens is 1. The Balaban J connectivity index is 2.39. The first-order chi connectivity index (χ1) is 9.83. The molecule has 0 bridgehead atoms. The summed E-state index contributed by atoms with van der Waals surface area (Å²) >= 11 is 0. The van der Waals surface area contributed by atoms with Crippen LogP contribution in [0.5, 0.6) is 5.75 Å². The van der Waals surface area contributed by atoms with Crippen LogP contribution >= 0.6 is 0 Å². The molecule has 2 aromatic rings. The molecule has 0 aliphatic heterocycles. The van der Waals surface area contributed by atoms with E-state index >= 15 is 0 Å². The highest BCUT2D eigenvalue weighted by Gasteiger charge is 2.17. The third-order valence-electron chi connectivity index (χ3n) is 2.97. The predicted molar refractivity (Wildman–Crippen MR) is 79.4 cm³/mol. The number of aryl methyl sites for hydroxylation is 1. The number of nitrogen functional groups attached to an aromatic ring is 1. The zero-order valence-corrected chi connectivity index (χ0v) is 12.4. The van der Waals surface area contributed by atoms with Crippen LogP contribution < -0.4 is 15.2 Å². The van der Waals surface area contributed by atoms with E-state index in [0.29, 0.717) is 17.0 Å². The number of anilines is 2. The zero-order valence-electron chi connectivity index (χ0n) is 11.6. The van der Waals surface area contributed by atoms with Gasteiger partial charge in [-0.15, -0.1) is 0 Å². The van der Waals surface area contributed by atoms with Crippen LogP contribution in [0.3, 0.4) is 0 Å². The highest BCUT2D eigenvalue weighted by Crippen LogP contribution is 2.25. The molecule has 0 saturated carbocycles. The maximum Gasteiger partial charge on any atom is 0.262 e. The third-order valence-corrected chi connectivity index (χ3v) is 4.33. The number of hydrogen-bond donors (Lipinski definition) is 2. The summed E-state index contributed by atoms with van der Waals surface area (Å²) in [4.78, 5) is 0.0106. The highest BCUT2D eigenvalue weighted by molar-refractivity contribution is 7.92. The van der Waals surface area contributed by atoms with Gasteiger partial charge in [0.05, 0.1) is 17.7 Å². The Bertz CT molecular complexity index is 776. The molecule has 0 aromatic heterocycles. The molecule has 0 fully saturated rings. The summed E-state index contributed by atoms with van der Waals surface area (Å²) in [5, 5.41) is 0. The van der Waals surface area contributed by atoms with Crippen molar-refractivity contribution in [2.45, 2.75) is 11.8 Å². The lowest BCUT2D eigenvalue weighted by Crippen LogP contribution is -2.14. The van der Waals surface area contributed by atoms with Gasteiger partial charge in [-0.2, -0.15) is 0 Å². The molecule has 2 aromatic carbocycles. The van der Waals surface area contributed by atoms with Gasteiger partial charge < -0.3 is 10.5 Å². The summed E-state index contributed by atoms with van der Waals surface area (Å²) in [5.41, 5.74) is 6.59. The van der Waals surface area contributed by atoms with Crippen molar-refractivity contribution in [3.63, 3.8) is 0 Å². The molecule has 2 rings (SSSR count). The average molecular weight is 310 g/mol. The summed E-state index contributed by atoms with van der Waals surface area (Å²) in [6.07, 6.45) is 0. The van der Waals surface area contributed by atoms with Crippen molar-refractivity contribution in [1.29, 1.82) is 0 Å². The number of rotatable bonds is 4. The summed E-state index contributed by atoms with van der Waals surface area (Å²) < 4.78 is 45.4. The topological polar surface area (TPSA) is 81.4 Å². The van der Waals surface area contributed by atoms with Crippen LogP contribution in [0.25, 0.3) is 0 Å². The Labute approximate surface area is 122 Å². The van der Waals surface area contributed by atoms with Crippen molar-refractivity contribution in [3.8, 4) is 5.75 Å². The average Bonchev–Trinajstić information content (AvgIpc) is 2.44. The Morgan fingerprint density at radius 3 is 2.52 bits per heavy atom. The van der Waals surface area contributed by atoms with Gasteiger partial charge in [-0.1, -0.05) is 0 Å². The fourth-order valence-corrected chi connectivity index (χ4v) is 2.87. The Kier molecular flexibility index (Phi) is 4.04. The van der Waals surface area contributed by atoms with E-state index in [9.17, 15) is 12.8 Å². The second-order valence-electron chi connectivity index (χ2n) is 4.47. The van der Waals surface area contributed by atoms with Crippen LogP contribution in [0.1, 0.15) is 5.56 Å².